The lowest BCUT2D eigenvalue weighted by atomic mass is 10.3. The van der Waals surface area contributed by atoms with Crippen LogP contribution in [-0.4, -0.2) is 13.4 Å². The second-order valence-electron chi connectivity index (χ2n) is 0.903. The van der Waals surface area contributed by atoms with Gasteiger partial charge in [-0.05, 0) is 6.16 Å². The normalized spacial score (nSPS) is 9.75. The number of halogens is 4. The molecule has 1 unspecified atom stereocenters. The zero-order valence-electron chi connectivity index (χ0n) is 4.37. The highest BCUT2D eigenvalue weighted by Gasteiger charge is 2.20. The quantitative estimate of drug-likeness (QED) is 0.281. The highest BCUT2D eigenvalue weighted by atomic mass is 31.0. The zero-order valence-corrected chi connectivity index (χ0v) is 5.53. The first kappa shape index (κ1) is 11.1. The lowest BCUT2D eigenvalue weighted by molar-refractivity contribution is 0.368. The molecule has 0 aliphatic heterocycles. The van der Waals surface area contributed by atoms with Crippen LogP contribution >= 0.6 is 9.24 Å². The second kappa shape index (κ2) is 5.35. The molecule has 0 heterocycles. The van der Waals surface area contributed by atoms with Crippen molar-refractivity contribution in [3.63, 3.8) is 0 Å². The SMILES string of the molecule is CCP.F[B-](F)(F)F. The van der Waals surface area contributed by atoms with Gasteiger partial charge in [-0.15, -0.1) is 9.24 Å². The van der Waals surface area contributed by atoms with E-state index in [0.29, 0.717) is 0 Å². The molecule has 0 aromatic heterocycles. The van der Waals surface area contributed by atoms with Gasteiger partial charge in [-0.1, -0.05) is 6.92 Å². The summed E-state index contributed by atoms with van der Waals surface area (Å²) >= 11 is 0. The molecule has 0 amide bonds. The molecule has 0 nitrogen and oxygen atoms in total. The van der Waals surface area contributed by atoms with Gasteiger partial charge in [0, 0.05) is 0 Å². The van der Waals surface area contributed by atoms with Gasteiger partial charge < -0.3 is 17.3 Å². The van der Waals surface area contributed by atoms with E-state index in [-0.39, 0.29) is 0 Å². The molecular weight excluding hydrogens is 142 g/mol. The van der Waals surface area contributed by atoms with Crippen LogP contribution in [0.25, 0.3) is 0 Å². The highest BCUT2D eigenvalue weighted by Crippen LogP contribution is 2.06. The molecule has 0 N–H and O–H groups in total. The molecule has 0 fully saturated rings. The molecule has 0 bridgehead atoms. The van der Waals surface area contributed by atoms with Crippen molar-refractivity contribution in [1.29, 1.82) is 0 Å². The minimum absolute atomic E-state index is 1.17. The van der Waals surface area contributed by atoms with Gasteiger partial charge in [-0.25, -0.2) is 0 Å². The molecule has 0 radical (unpaired) electrons. The average molecular weight is 149 g/mol. The molecular formula is C2H7BF4P-. The van der Waals surface area contributed by atoms with Crippen LogP contribution in [0.1, 0.15) is 6.92 Å². The van der Waals surface area contributed by atoms with Crippen molar-refractivity contribution in [2.45, 2.75) is 6.92 Å². The number of rotatable bonds is 0. The Bertz CT molecular complexity index is 37.8. The maximum atomic E-state index is 9.75. The minimum Gasteiger partial charge on any atom is -0.418 e. The number of hydrogen-bond acceptors (Lipinski definition) is 0. The van der Waals surface area contributed by atoms with Gasteiger partial charge in [0.1, 0.15) is 0 Å². The fourth-order valence-corrected chi connectivity index (χ4v) is 0. The van der Waals surface area contributed by atoms with E-state index in [1.54, 1.807) is 0 Å². The predicted octanol–water partition coefficient (Wildman–Crippen LogP) is 2.18. The Morgan fingerprint density at radius 2 is 1.25 bits per heavy atom. The van der Waals surface area contributed by atoms with Crippen molar-refractivity contribution < 1.29 is 17.3 Å². The molecule has 8 heavy (non-hydrogen) atoms. The third-order valence-corrected chi connectivity index (χ3v) is 0. The van der Waals surface area contributed by atoms with Crippen LogP contribution in [0.2, 0.25) is 0 Å². The Hall–Kier alpha value is 0.215. The standard InChI is InChI=1S/C2H7P.BF4/c1-2-3;2-1(3,4)5/h2-3H2,1H3;/q;-1. The first-order valence-electron chi connectivity index (χ1n) is 1.99. The van der Waals surface area contributed by atoms with Crippen LogP contribution in [0.3, 0.4) is 0 Å². The van der Waals surface area contributed by atoms with Gasteiger partial charge in [-0.3, -0.25) is 0 Å². The predicted molar refractivity (Wildman–Crippen MR) is 30.4 cm³/mol. The van der Waals surface area contributed by atoms with Gasteiger partial charge >= 0.3 is 7.25 Å². The molecule has 0 aromatic carbocycles. The molecule has 0 saturated carbocycles. The van der Waals surface area contributed by atoms with Gasteiger partial charge in [0.15, 0.2) is 0 Å². The van der Waals surface area contributed by atoms with Crippen LogP contribution in [0, 0.1) is 0 Å². The highest BCUT2D eigenvalue weighted by molar-refractivity contribution is 7.16. The average Bonchev–Trinajstić information content (AvgIpc) is 1.27. The monoisotopic (exact) mass is 149 g/mol. The van der Waals surface area contributed by atoms with Crippen LogP contribution in [0.4, 0.5) is 17.3 Å². The summed E-state index contributed by atoms with van der Waals surface area (Å²) in [5.41, 5.74) is 0. The largest absolute Gasteiger partial charge is 0.673 e. The van der Waals surface area contributed by atoms with Gasteiger partial charge in [-0.2, -0.15) is 0 Å². The molecule has 0 spiro atoms. The Kier molecular flexibility index (Phi) is 7.41. The maximum Gasteiger partial charge on any atom is 0.673 e. The summed E-state index contributed by atoms with van der Waals surface area (Å²) in [6, 6.07) is 0. The topological polar surface area (TPSA) is 0 Å². The van der Waals surface area contributed by atoms with E-state index in [2.05, 4.69) is 16.2 Å². The van der Waals surface area contributed by atoms with E-state index in [1.807, 2.05) is 0 Å². The smallest absolute Gasteiger partial charge is 0.418 e. The molecule has 0 aliphatic carbocycles. The van der Waals surface area contributed by atoms with Crippen molar-refractivity contribution in [2.24, 2.45) is 0 Å². The van der Waals surface area contributed by atoms with Gasteiger partial charge in [0.25, 0.3) is 0 Å². The summed E-state index contributed by atoms with van der Waals surface area (Å²) in [5, 5.41) is 0. The second-order valence-corrected chi connectivity index (χ2v) is 1.72. The Morgan fingerprint density at radius 1 is 1.25 bits per heavy atom. The third kappa shape index (κ3) is 3660. The number of hydrogen-bond donors (Lipinski definition) is 0. The Balaban J connectivity index is 0. The van der Waals surface area contributed by atoms with E-state index in [9.17, 15) is 17.3 Å². The summed E-state index contributed by atoms with van der Waals surface area (Å²) in [5.74, 6) is 0. The van der Waals surface area contributed by atoms with E-state index in [4.69, 9.17) is 0 Å². The van der Waals surface area contributed by atoms with Crippen molar-refractivity contribution in [3.05, 3.63) is 0 Å². The fraction of sp³-hybridized carbons (Fsp3) is 1.00. The fourth-order valence-electron chi connectivity index (χ4n) is 0. The molecule has 6 heteroatoms. The molecule has 0 saturated heterocycles. The van der Waals surface area contributed by atoms with Crippen LogP contribution in [0.15, 0.2) is 0 Å². The molecule has 1 atom stereocenters. The summed E-state index contributed by atoms with van der Waals surface area (Å²) in [4.78, 5) is 0. The zero-order chi connectivity index (χ0) is 7.21. The first-order valence-corrected chi connectivity index (χ1v) is 2.80. The lowest BCUT2D eigenvalue weighted by Gasteiger charge is -1.94. The van der Waals surface area contributed by atoms with Gasteiger partial charge in [0.2, 0.25) is 0 Å². The third-order valence-electron chi connectivity index (χ3n) is 0. The van der Waals surface area contributed by atoms with E-state index in [0.717, 1.165) is 0 Å². The Morgan fingerprint density at radius 3 is 1.25 bits per heavy atom. The van der Waals surface area contributed by atoms with Crippen molar-refractivity contribution in [1.82, 2.24) is 0 Å². The van der Waals surface area contributed by atoms with E-state index in [1.165, 1.54) is 6.16 Å². The van der Waals surface area contributed by atoms with Crippen molar-refractivity contribution >= 4 is 16.5 Å². The molecule has 0 rings (SSSR count). The minimum atomic E-state index is -6.00. The molecule has 0 aliphatic rings. The van der Waals surface area contributed by atoms with E-state index < -0.39 is 7.25 Å². The van der Waals surface area contributed by atoms with Crippen molar-refractivity contribution in [3.8, 4) is 0 Å². The summed E-state index contributed by atoms with van der Waals surface area (Å²) in [6.07, 6.45) is 1.17. The molecule has 0 aromatic rings. The van der Waals surface area contributed by atoms with E-state index >= 15 is 0 Å². The van der Waals surface area contributed by atoms with Gasteiger partial charge in [0.05, 0.1) is 0 Å². The molecule has 52 valence electrons. The van der Waals surface area contributed by atoms with Crippen LogP contribution < -0.4 is 0 Å². The lowest BCUT2D eigenvalue weighted by Crippen LogP contribution is -2.02. The first-order chi connectivity index (χ1) is 3.41. The van der Waals surface area contributed by atoms with Crippen molar-refractivity contribution in [2.75, 3.05) is 6.16 Å². The maximum absolute atomic E-state index is 9.75. The summed E-state index contributed by atoms with van der Waals surface area (Å²) in [7, 11) is -3.42. The van der Waals surface area contributed by atoms with Crippen LogP contribution in [0.5, 0.6) is 0 Å². The Labute approximate surface area is 48.0 Å². The summed E-state index contributed by atoms with van der Waals surface area (Å²) < 4.78 is 39.0. The van der Waals surface area contributed by atoms with Crippen LogP contribution in [-0.2, 0) is 0 Å². The summed E-state index contributed by atoms with van der Waals surface area (Å²) in [6.45, 7) is 2.09.